The Hall–Kier alpha value is -2.36. The van der Waals surface area contributed by atoms with Gasteiger partial charge in [0.2, 0.25) is 10.0 Å². The van der Waals surface area contributed by atoms with Gasteiger partial charge in [0.25, 0.3) is 0 Å². The highest BCUT2D eigenvalue weighted by atomic mass is 35.5. The van der Waals surface area contributed by atoms with Gasteiger partial charge in [0.15, 0.2) is 11.5 Å². The molecule has 0 aliphatic rings. The van der Waals surface area contributed by atoms with Gasteiger partial charge in [0.1, 0.15) is 6.29 Å². The molecule has 8 nitrogen and oxygen atoms in total. The number of carboxylic acid groups (broad SMARTS) is 1. The lowest BCUT2D eigenvalue weighted by Gasteiger charge is -2.14. The fourth-order valence-electron chi connectivity index (χ4n) is 2.38. The van der Waals surface area contributed by atoms with Crippen molar-refractivity contribution >= 4 is 44.7 Å². The van der Waals surface area contributed by atoms with Crippen molar-refractivity contribution in [2.75, 3.05) is 14.2 Å². The minimum atomic E-state index is -4.12. The first-order valence-corrected chi connectivity index (χ1v) is 9.13. The largest absolute Gasteiger partial charge is 0.493 e. The van der Waals surface area contributed by atoms with Gasteiger partial charge >= 0.3 is 5.97 Å². The molecule has 0 bridgehead atoms. The summed E-state index contributed by atoms with van der Waals surface area (Å²) in [5.41, 5.74) is 0. The minimum absolute atomic E-state index is 0.148. The molecular formula is C16H16ClNO7S. The Morgan fingerprint density at radius 1 is 1.31 bits per heavy atom. The van der Waals surface area contributed by atoms with Crippen LogP contribution in [0, 0.1) is 0 Å². The molecule has 0 spiro atoms. The third kappa shape index (κ3) is 4.06. The van der Waals surface area contributed by atoms with Gasteiger partial charge in [0, 0.05) is 5.39 Å². The molecule has 1 atom stereocenters. The van der Waals surface area contributed by atoms with Gasteiger partial charge in [0.05, 0.1) is 36.6 Å². The van der Waals surface area contributed by atoms with Crippen molar-refractivity contribution in [1.29, 1.82) is 0 Å². The van der Waals surface area contributed by atoms with Crippen LogP contribution in [0.15, 0.2) is 29.2 Å². The average molecular weight is 402 g/mol. The normalized spacial score (nSPS) is 12.6. The highest BCUT2D eigenvalue weighted by molar-refractivity contribution is 7.89. The number of carbonyl (C=O) groups excluding carboxylic acids is 1. The Kier molecular flexibility index (Phi) is 6.06. The van der Waals surface area contributed by atoms with Crippen molar-refractivity contribution in [3.8, 4) is 11.5 Å². The number of benzene rings is 2. The fourth-order valence-corrected chi connectivity index (χ4v) is 3.92. The fraction of sp³-hybridized carbons (Fsp3) is 0.250. The summed E-state index contributed by atoms with van der Waals surface area (Å²) in [6, 6.07) is 4.32. The summed E-state index contributed by atoms with van der Waals surface area (Å²) in [6.07, 6.45) is -0.426. The summed E-state index contributed by atoms with van der Waals surface area (Å²) in [5, 5.41) is 10.00. The zero-order chi connectivity index (χ0) is 19.5. The quantitative estimate of drug-likeness (QED) is 0.647. The first-order chi connectivity index (χ1) is 12.2. The molecule has 26 heavy (non-hydrogen) atoms. The maximum atomic E-state index is 12.4. The number of rotatable bonds is 8. The number of sulfonamides is 1. The molecule has 0 aliphatic heterocycles. The number of aldehydes is 1. The number of methoxy groups -OCH3 is 2. The van der Waals surface area contributed by atoms with Crippen LogP contribution in [0.3, 0.4) is 0 Å². The summed E-state index contributed by atoms with van der Waals surface area (Å²) in [6.45, 7) is 0. The Morgan fingerprint density at radius 2 is 2.00 bits per heavy atom. The number of halogens is 1. The van der Waals surface area contributed by atoms with Crippen LogP contribution in [0.1, 0.15) is 6.42 Å². The monoisotopic (exact) mass is 401 g/mol. The van der Waals surface area contributed by atoms with Gasteiger partial charge in [-0.2, -0.15) is 0 Å². The van der Waals surface area contributed by atoms with Crippen LogP contribution in [0.5, 0.6) is 11.5 Å². The van der Waals surface area contributed by atoms with Crippen molar-refractivity contribution in [1.82, 2.24) is 4.72 Å². The maximum Gasteiger partial charge on any atom is 0.305 e. The van der Waals surface area contributed by atoms with Gasteiger partial charge in [-0.25, -0.2) is 13.1 Å². The zero-order valence-electron chi connectivity index (χ0n) is 13.9. The lowest BCUT2D eigenvalue weighted by Crippen LogP contribution is -2.37. The van der Waals surface area contributed by atoms with E-state index in [0.29, 0.717) is 22.3 Å². The first-order valence-electron chi connectivity index (χ1n) is 7.27. The standard InChI is InChI=1S/C16H16ClNO7S/c1-24-13-6-9-5-11(3-4-12(9)15(17)16(13)25-2)26(22,23)18-10(8-19)7-14(20)21/h3-6,8,10,18H,7H2,1-2H3,(H,20,21)/t10-/m0/s1. The molecular weight excluding hydrogens is 386 g/mol. The van der Waals surface area contributed by atoms with Gasteiger partial charge in [-0.05, 0) is 23.6 Å². The SMILES string of the molecule is COc1cc2cc(S(=O)(=O)N[C@H](C=O)CC(=O)O)ccc2c(Cl)c1OC. The van der Waals surface area contributed by atoms with E-state index in [1.54, 1.807) is 6.07 Å². The number of fused-ring (bicyclic) bond motifs is 1. The van der Waals surface area contributed by atoms with E-state index in [9.17, 15) is 18.0 Å². The van der Waals surface area contributed by atoms with E-state index in [0.717, 1.165) is 0 Å². The molecule has 0 amide bonds. The zero-order valence-corrected chi connectivity index (χ0v) is 15.4. The van der Waals surface area contributed by atoms with E-state index in [1.807, 2.05) is 0 Å². The van der Waals surface area contributed by atoms with E-state index < -0.39 is 28.5 Å². The Morgan fingerprint density at radius 3 is 2.54 bits per heavy atom. The number of hydrogen-bond acceptors (Lipinski definition) is 6. The van der Waals surface area contributed by atoms with Crippen LogP contribution in [0.25, 0.3) is 10.8 Å². The second-order valence-electron chi connectivity index (χ2n) is 5.27. The van der Waals surface area contributed by atoms with Gasteiger partial charge in [-0.3, -0.25) is 4.79 Å². The van der Waals surface area contributed by atoms with Crippen molar-refractivity contribution < 1.29 is 32.6 Å². The molecule has 2 aromatic carbocycles. The molecule has 0 unspecified atom stereocenters. The van der Waals surface area contributed by atoms with Gasteiger partial charge in [-0.15, -0.1) is 0 Å². The van der Waals surface area contributed by atoms with Gasteiger partial charge < -0.3 is 19.4 Å². The van der Waals surface area contributed by atoms with Crippen molar-refractivity contribution in [2.45, 2.75) is 17.4 Å². The van der Waals surface area contributed by atoms with Crippen LogP contribution >= 0.6 is 11.6 Å². The molecule has 2 rings (SSSR count). The Bertz CT molecular complexity index is 959. The first kappa shape index (κ1) is 20.0. The van der Waals surface area contributed by atoms with Crippen LogP contribution in [-0.2, 0) is 19.6 Å². The molecule has 0 heterocycles. The predicted molar refractivity (Wildman–Crippen MR) is 94.5 cm³/mol. The topological polar surface area (TPSA) is 119 Å². The molecule has 10 heteroatoms. The van der Waals surface area contributed by atoms with Crippen LogP contribution in [0.4, 0.5) is 0 Å². The molecule has 0 saturated heterocycles. The summed E-state index contributed by atoms with van der Waals surface area (Å²) < 4.78 is 37.3. The number of carboxylic acids is 1. The number of ether oxygens (including phenoxy) is 2. The van der Waals surface area contributed by atoms with Crippen LogP contribution in [0.2, 0.25) is 5.02 Å². The molecule has 0 saturated carbocycles. The number of aliphatic carboxylic acids is 1. The maximum absolute atomic E-state index is 12.4. The second kappa shape index (κ2) is 7.90. The molecule has 2 N–H and O–H groups in total. The highest BCUT2D eigenvalue weighted by Gasteiger charge is 2.23. The molecule has 140 valence electrons. The number of hydrogen-bond donors (Lipinski definition) is 2. The average Bonchev–Trinajstić information content (AvgIpc) is 2.59. The van der Waals surface area contributed by atoms with Crippen LogP contribution in [-0.4, -0.2) is 46.0 Å². The number of nitrogens with one attached hydrogen (secondary N) is 1. The van der Waals surface area contributed by atoms with Crippen LogP contribution < -0.4 is 14.2 Å². The van der Waals surface area contributed by atoms with E-state index in [2.05, 4.69) is 4.72 Å². The smallest absolute Gasteiger partial charge is 0.305 e. The molecule has 0 radical (unpaired) electrons. The minimum Gasteiger partial charge on any atom is -0.493 e. The van der Waals surface area contributed by atoms with E-state index in [-0.39, 0.29) is 16.2 Å². The Labute approximate surface area is 154 Å². The summed E-state index contributed by atoms with van der Waals surface area (Å²) in [4.78, 5) is 21.5. The Balaban J connectivity index is 2.50. The van der Waals surface area contributed by atoms with Crippen molar-refractivity contribution in [2.24, 2.45) is 0 Å². The van der Waals surface area contributed by atoms with Gasteiger partial charge in [-0.1, -0.05) is 17.7 Å². The van der Waals surface area contributed by atoms with Crippen molar-refractivity contribution in [3.05, 3.63) is 29.3 Å². The van der Waals surface area contributed by atoms with E-state index in [4.69, 9.17) is 26.2 Å². The predicted octanol–water partition coefficient (Wildman–Crippen LogP) is 1.83. The molecule has 0 fully saturated rings. The third-order valence-corrected chi connectivity index (χ3v) is 5.43. The van der Waals surface area contributed by atoms with Crippen molar-refractivity contribution in [3.63, 3.8) is 0 Å². The summed E-state index contributed by atoms with van der Waals surface area (Å²) in [5.74, 6) is -0.658. The molecule has 0 aliphatic carbocycles. The summed E-state index contributed by atoms with van der Waals surface area (Å²) >= 11 is 6.27. The highest BCUT2D eigenvalue weighted by Crippen LogP contribution is 2.41. The lowest BCUT2D eigenvalue weighted by atomic mass is 10.1. The lowest BCUT2D eigenvalue weighted by molar-refractivity contribution is -0.138. The van der Waals surface area contributed by atoms with E-state index >= 15 is 0 Å². The number of carbonyl (C=O) groups is 2. The van der Waals surface area contributed by atoms with E-state index in [1.165, 1.54) is 32.4 Å². The second-order valence-corrected chi connectivity index (χ2v) is 7.36. The third-order valence-electron chi connectivity index (χ3n) is 3.57. The molecule has 2 aromatic rings. The molecule has 0 aromatic heterocycles. The summed E-state index contributed by atoms with van der Waals surface area (Å²) in [7, 11) is -1.27.